The molecule has 7 nitrogen and oxygen atoms in total. The molecule has 0 aliphatic carbocycles. The number of anilines is 1. The van der Waals surface area contributed by atoms with Crippen LogP contribution in [0.15, 0.2) is 60.9 Å². The van der Waals surface area contributed by atoms with Crippen molar-refractivity contribution < 1.29 is 23.4 Å². The van der Waals surface area contributed by atoms with E-state index in [2.05, 4.69) is 15.3 Å². The third-order valence-corrected chi connectivity index (χ3v) is 5.20. The molecule has 0 saturated carbocycles. The molecule has 2 heterocycles. The fraction of sp³-hybridized carbons (Fsp3) is 0.208. The topological polar surface area (TPSA) is 89.3 Å². The van der Waals surface area contributed by atoms with Crippen LogP contribution in [-0.2, 0) is 4.79 Å². The Kier molecular flexibility index (Phi) is 6.48. The normalized spacial score (nSPS) is 12.0. The Morgan fingerprint density at radius 2 is 1.97 bits per heavy atom. The Hall–Kier alpha value is -4.01. The molecule has 0 aliphatic heterocycles. The molecule has 2 aromatic heterocycles. The van der Waals surface area contributed by atoms with Gasteiger partial charge in [-0.2, -0.15) is 0 Å². The van der Waals surface area contributed by atoms with Crippen LogP contribution in [0.5, 0.6) is 5.75 Å². The van der Waals surface area contributed by atoms with Gasteiger partial charge in [0, 0.05) is 29.2 Å². The summed E-state index contributed by atoms with van der Waals surface area (Å²) >= 11 is 0. The number of halogens is 2. The van der Waals surface area contributed by atoms with Crippen LogP contribution in [0.25, 0.3) is 22.3 Å². The van der Waals surface area contributed by atoms with Crippen molar-refractivity contribution in [2.45, 2.75) is 19.4 Å². The van der Waals surface area contributed by atoms with Gasteiger partial charge in [-0.1, -0.05) is 0 Å². The number of benzene rings is 2. The van der Waals surface area contributed by atoms with E-state index in [1.807, 2.05) is 18.2 Å². The lowest BCUT2D eigenvalue weighted by molar-refractivity contribution is -0.140. The van der Waals surface area contributed by atoms with E-state index in [1.165, 1.54) is 24.3 Å². The first-order valence-corrected chi connectivity index (χ1v) is 10.4. The number of nitrogens with zero attached hydrogens (tertiary/aromatic N) is 3. The lowest BCUT2D eigenvalue weighted by atomic mass is 10.2. The SMILES string of the molecule is CC(C(=O)O)n1ccc2cc(OCCCNc3nc(-c4ccc(F)cc4)ncc3F)ccc21. The molecule has 2 N–H and O–H groups in total. The second-order valence-corrected chi connectivity index (χ2v) is 7.48. The Morgan fingerprint density at radius 3 is 2.73 bits per heavy atom. The van der Waals surface area contributed by atoms with Crippen molar-refractivity contribution in [3.8, 4) is 17.1 Å². The largest absolute Gasteiger partial charge is 0.494 e. The maximum absolute atomic E-state index is 14.1. The molecule has 0 radical (unpaired) electrons. The van der Waals surface area contributed by atoms with E-state index >= 15 is 0 Å². The van der Waals surface area contributed by atoms with Crippen LogP contribution in [0.3, 0.4) is 0 Å². The second kappa shape index (κ2) is 9.64. The Labute approximate surface area is 188 Å². The van der Waals surface area contributed by atoms with Gasteiger partial charge in [0.25, 0.3) is 0 Å². The molecule has 0 fully saturated rings. The fourth-order valence-corrected chi connectivity index (χ4v) is 3.39. The van der Waals surface area contributed by atoms with E-state index in [1.54, 1.807) is 23.8 Å². The second-order valence-electron chi connectivity index (χ2n) is 7.48. The van der Waals surface area contributed by atoms with E-state index in [-0.39, 0.29) is 11.6 Å². The monoisotopic (exact) mass is 452 g/mol. The molecule has 4 rings (SSSR count). The number of rotatable bonds is 9. The maximum atomic E-state index is 14.1. The highest BCUT2D eigenvalue weighted by Gasteiger charge is 2.15. The van der Waals surface area contributed by atoms with Gasteiger partial charge in [0.1, 0.15) is 17.6 Å². The van der Waals surface area contributed by atoms with E-state index in [9.17, 15) is 18.7 Å². The number of hydrogen-bond donors (Lipinski definition) is 2. The number of carboxylic acids is 1. The summed E-state index contributed by atoms with van der Waals surface area (Å²) in [5.74, 6) is -0.814. The van der Waals surface area contributed by atoms with Crippen LogP contribution in [-0.4, -0.2) is 38.8 Å². The first-order valence-electron chi connectivity index (χ1n) is 10.4. The average Bonchev–Trinajstić information content (AvgIpc) is 3.23. The van der Waals surface area contributed by atoms with Gasteiger partial charge in [-0.25, -0.2) is 23.5 Å². The van der Waals surface area contributed by atoms with Crippen molar-refractivity contribution in [1.29, 1.82) is 0 Å². The summed E-state index contributed by atoms with van der Waals surface area (Å²) in [5, 5.41) is 13.0. The molecule has 0 saturated heterocycles. The molecule has 2 aromatic carbocycles. The van der Waals surface area contributed by atoms with Crippen LogP contribution >= 0.6 is 0 Å². The van der Waals surface area contributed by atoms with Crippen LogP contribution in [0.4, 0.5) is 14.6 Å². The van der Waals surface area contributed by atoms with E-state index in [4.69, 9.17) is 4.74 Å². The average molecular weight is 452 g/mol. The first-order chi connectivity index (χ1) is 15.9. The van der Waals surface area contributed by atoms with Crippen molar-refractivity contribution >= 4 is 22.7 Å². The number of fused-ring (bicyclic) bond motifs is 1. The van der Waals surface area contributed by atoms with Crippen LogP contribution < -0.4 is 10.1 Å². The zero-order chi connectivity index (χ0) is 23.4. The fourth-order valence-electron chi connectivity index (χ4n) is 3.39. The zero-order valence-corrected chi connectivity index (χ0v) is 17.8. The Bertz CT molecular complexity index is 1270. The smallest absolute Gasteiger partial charge is 0.326 e. The van der Waals surface area contributed by atoms with E-state index < -0.39 is 17.8 Å². The van der Waals surface area contributed by atoms with Gasteiger partial charge < -0.3 is 19.7 Å². The molecule has 0 spiro atoms. The van der Waals surface area contributed by atoms with E-state index in [0.717, 1.165) is 17.1 Å². The quantitative estimate of drug-likeness (QED) is 0.351. The van der Waals surface area contributed by atoms with Crippen molar-refractivity contribution in [2.24, 2.45) is 0 Å². The molecule has 1 atom stereocenters. The van der Waals surface area contributed by atoms with Crippen LogP contribution in [0.2, 0.25) is 0 Å². The maximum Gasteiger partial charge on any atom is 0.326 e. The summed E-state index contributed by atoms with van der Waals surface area (Å²) in [6.07, 6.45) is 3.41. The highest BCUT2D eigenvalue weighted by molar-refractivity contribution is 5.84. The van der Waals surface area contributed by atoms with Crippen molar-refractivity contribution in [1.82, 2.24) is 14.5 Å². The molecule has 0 aliphatic rings. The number of aromatic nitrogens is 3. The lowest BCUT2D eigenvalue weighted by Crippen LogP contribution is -2.14. The number of ether oxygens (including phenoxy) is 1. The minimum absolute atomic E-state index is 0.0691. The van der Waals surface area contributed by atoms with Gasteiger partial charge in [0.2, 0.25) is 0 Å². The van der Waals surface area contributed by atoms with Crippen LogP contribution in [0, 0.1) is 11.6 Å². The molecular weight excluding hydrogens is 430 g/mol. The van der Waals surface area contributed by atoms with Gasteiger partial charge in [-0.3, -0.25) is 0 Å². The Morgan fingerprint density at radius 1 is 1.18 bits per heavy atom. The lowest BCUT2D eigenvalue weighted by Gasteiger charge is -2.11. The van der Waals surface area contributed by atoms with Crippen molar-refractivity contribution in [3.63, 3.8) is 0 Å². The van der Waals surface area contributed by atoms with Crippen LogP contribution in [0.1, 0.15) is 19.4 Å². The third kappa shape index (κ3) is 5.08. The summed E-state index contributed by atoms with van der Waals surface area (Å²) in [5.41, 5.74) is 1.40. The van der Waals surface area contributed by atoms with Crippen molar-refractivity contribution in [3.05, 3.63) is 72.6 Å². The molecule has 1 unspecified atom stereocenters. The van der Waals surface area contributed by atoms with Gasteiger partial charge in [-0.15, -0.1) is 0 Å². The number of hydrogen-bond acceptors (Lipinski definition) is 5. The third-order valence-electron chi connectivity index (χ3n) is 5.20. The highest BCUT2D eigenvalue weighted by atomic mass is 19.1. The number of nitrogens with one attached hydrogen (secondary N) is 1. The summed E-state index contributed by atoms with van der Waals surface area (Å²) in [7, 11) is 0. The molecule has 33 heavy (non-hydrogen) atoms. The minimum atomic E-state index is -0.898. The zero-order valence-electron chi connectivity index (χ0n) is 17.8. The number of aliphatic carboxylic acids is 1. The molecule has 0 bridgehead atoms. The number of carbonyl (C=O) groups is 1. The first kappa shape index (κ1) is 22.2. The molecule has 170 valence electrons. The minimum Gasteiger partial charge on any atom is -0.494 e. The van der Waals surface area contributed by atoms with Crippen molar-refractivity contribution in [2.75, 3.05) is 18.5 Å². The molecule has 9 heteroatoms. The van der Waals surface area contributed by atoms with Gasteiger partial charge >= 0.3 is 5.97 Å². The summed E-state index contributed by atoms with van der Waals surface area (Å²) in [6.45, 7) is 2.44. The predicted octanol–water partition coefficient (Wildman–Crippen LogP) is 4.90. The van der Waals surface area contributed by atoms with Gasteiger partial charge in [0.15, 0.2) is 17.5 Å². The van der Waals surface area contributed by atoms with E-state index in [0.29, 0.717) is 36.7 Å². The summed E-state index contributed by atoms with van der Waals surface area (Å²) in [6, 6.07) is 12.3. The molecular formula is C24H22F2N4O3. The number of carboxylic acid groups (broad SMARTS) is 1. The summed E-state index contributed by atoms with van der Waals surface area (Å²) in [4.78, 5) is 19.4. The standard InChI is InChI=1S/C24H22F2N4O3/c1-15(24(31)32)30-11-9-17-13-19(7-8-21(17)30)33-12-2-10-27-23-20(26)14-28-22(29-23)16-3-5-18(25)6-4-16/h3-9,11,13-15H,2,10,12H2,1H3,(H,31,32)(H,27,28,29). The van der Waals surface area contributed by atoms with Gasteiger partial charge in [0.05, 0.1) is 12.8 Å². The summed E-state index contributed by atoms with van der Waals surface area (Å²) < 4.78 is 34.6. The highest BCUT2D eigenvalue weighted by Crippen LogP contribution is 2.25. The molecule has 4 aromatic rings. The predicted molar refractivity (Wildman–Crippen MR) is 120 cm³/mol. The Balaban J connectivity index is 1.31. The van der Waals surface area contributed by atoms with Gasteiger partial charge in [-0.05, 0) is 61.9 Å². The molecule has 0 amide bonds.